The Balaban J connectivity index is 1.89. The number of amides is 3. The van der Waals surface area contributed by atoms with Crippen LogP contribution in [0, 0.1) is 12.7 Å². The van der Waals surface area contributed by atoms with Gasteiger partial charge in [-0.25, -0.2) is 9.37 Å². The van der Waals surface area contributed by atoms with E-state index in [1.807, 2.05) is 19.1 Å². The van der Waals surface area contributed by atoms with E-state index in [0.29, 0.717) is 23.7 Å². The van der Waals surface area contributed by atoms with Crippen molar-refractivity contribution in [2.75, 3.05) is 30.5 Å². The molecule has 1 aromatic heterocycles. The number of benzene rings is 2. The monoisotopic (exact) mass is 492 g/mol. The summed E-state index contributed by atoms with van der Waals surface area (Å²) in [5.41, 5.74) is 1.90. The Morgan fingerprint density at radius 2 is 1.72 bits per heavy atom. The van der Waals surface area contributed by atoms with Crippen molar-refractivity contribution in [1.29, 1.82) is 0 Å². The lowest BCUT2D eigenvalue weighted by molar-refractivity contribution is -0.127. The van der Waals surface area contributed by atoms with E-state index in [2.05, 4.69) is 15.6 Å². The number of nitrogens with one attached hydrogen (secondary N) is 2. The number of anilines is 2. The number of carbonyl (C=O) groups is 3. The molecular weight excluding hydrogens is 463 g/mol. The van der Waals surface area contributed by atoms with Crippen molar-refractivity contribution in [3.8, 4) is 0 Å². The van der Waals surface area contributed by atoms with E-state index < -0.39 is 29.6 Å². The minimum Gasteiger partial charge on any atom is -0.383 e. The van der Waals surface area contributed by atoms with Crippen molar-refractivity contribution >= 4 is 29.2 Å². The molecule has 2 N–H and O–H groups in total. The molecule has 0 aliphatic heterocycles. The Morgan fingerprint density at radius 1 is 1.00 bits per heavy atom. The molecule has 8 nitrogen and oxygen atoms in total. The molecule has 2 aromatic carbocycles. The van der Waals surface area contributed by atoms with Gasteiger partial charge in [0, 0.05) is 38.4 Å². The molecule has 0 aliphatic carbocycles. The summed E-state index contributed by atoms with van der Waals surface area (Å²) in [6.45, 7) is 2.46. The summed E-state index contributed by atoms with van der Waals surface area (Å²) in [7, 11) is 1.52. The zero-order chi connectivity index (χ0) is 25.9. The molecule has 9 heteroatoms. The third-order valence-electron chi connectivity index (χ3n) is 5.38. The number of hydrogen-bond acceptors (Lipinski definition) is 5. The summed E-state index contributed by atoms with van der Waals surface area (Å²) < 4.78 is 18.7. The van der Waals surface area contributed by atoms with Gasteiger partial charge in [0.15, 0.2) is 0 Å². The van der Waals surface area contributed by atoms with E-state index in [1.165, 1.54) is 36.3 Å². The predicted octanol–water partition coefficient (Wildman–Crippen LogP) is 3.78. The van der Waals surface area contributed by atoms with Crippen LogP contribution in [0.4, 0.5) is 15.9 Å². The molecule has 0 spiro atoms. The Morgan fingerprint density at radius 3 is 2.36 bits per heavy atom. The second kappa shape index (κ2) is 13.1. The Kier molecular flexibility index (Phi) is 9.64. The first-order chi connectivity index (χ1) is 17.4. The van der Waals surface area contributed by atoms with Crippen LogP contribution in [0.2, 0.25) is 0 Å². The average Bonchev–Trinajstić information content (AvgIpc) is 2.88. The van der Waals surface area contributed by atoms with E-state index in [4.69, 9.17) is 4.74 Å². The van der Waals surface area contributed by atoms with Crippen LogP contribution in [0.5, 0.6) is 0 Å². The number of nitrogens with zero attached hydrogens (tertiary/aromatic N) is 2. The number of rotatable bonds is 11. The topological polar surface area (TPSA) is 101 Å². The molecule has 3 aromatic rings. The van der Waals surface area contributed by atoms with Crippen molar-refractivity contribution in [3.05, 3.63) is 89.9 Å². The minimum atomic E-state index is -1.04. The molecule has 3 rings (SSSR count). The molecule has 3 amide bonds. The van der Waals surface area contributed by atoms with Gasteiger partial charge in [0.2, 0.25) is 17.7 Å². The Hall–Kier alpha value is -4.11. The summed E-state index contributed by atoms with van der Waals surface area (Å²) in [5.74, 6) is -1.38. The molecule has 1 atom stereocenters. The highest BCUT2D eigenvalue weighted by Crippen LogP contribution is 2.29. The Bertz CT molecular complexity index is 1150. The van der Waals surface area contributed by atoms with Crippen LogP contribution in [0.25, 0.3) is 0 Å². The van der Waals surface area contributed by atoms with Crippen LogP contribution in [0.15, 0.2) is 72.9 Å². The lowest BCUT2D eigenvalue weighted by Crippen LogP contribution is -2.45. The molecule has 36 heavy (non-hydrogen) atoms. The molecule has 0 fully saturated rings. The quantitative estimate of drug-likeness (QED) is 0.397. The first kappa shape index (κ1) is 26.5. The number of methoxy groups -OCH3 is 1. The van der Waals surface area contributed by atoms with Crippen LogP contribution < -0.4 is 15.5 Å². The van der Waals surface area contributed by atoms with Gasteiger partial charge in [0.1, 0.15) is 17.7 Å². The minimum absolute atomic E-state index is 0.126. The van der Waals surface area contributed by atoms with Crippen LogP contribution in [-0.4, -0.2) is 43.0 Å². The van der Waals surface area contributed by atoms with E-state index in [1.54, 1.807) is 36.5 Å². The summed E-state index contributed by atoms with van der Waals surface area (Å²) >= 11 is 0. The molecule has 0 aliphatic rings. The first-order valence-corrected chi connectivity index (χ1v) is 11.5. The second-order valence-electron chi connectivity index (χ2n) is 8.10. The average molecular weight is 493 g/mol. The number of pyridine rings is 1. The number of aromatic nitrogens is 1. The largest absolute Gasteiger partial charge is 0.383 e. The normalized spacial score (nSPS) is 11.4. The van der Waals surface area contributed by atoms with E-state index in [0.717, 1.165) is 5.56 Å². The maximum atomic E-state index is 13.7. The first-order valence-electron chi connectivity index (χ1n) is 11.5. The lowest BCUT2D eigenvalue weighted by Gasteiger charge is -2.31. The number of halogens is 1. The van der Waals surface area contributed by atoms with Crippen molar-refractivity contribution in [1.82, 2.24) is 10.3 Å². The highest BCUT2D eigenvalue weighted by atomic mass is 19.1. The van der Waals surface area contributed by atoms with E-state index in [9.17, 15) is 18.8 Å². The molecule has 0 radical (unpaired) electrons. The summed E-state index contributed by atoms with van der Waals surface area (Å²) in [6.07, 6.45) is 1.24. The van der Waals surface area contributed by atoms with Gasteiger partial charge in [-0.1, -0.05) is 35.9 Å². The van der Waals surface area contributed by atoms with Gasteiger partial charge in [0.25, 0.3) is 0 Å². The van der Waals surface area contributed by atoms with Crippen molar-refractivity contribution in [3.63, 3.8) is 0 Å². The van der Waals surface area contributed by atoms with E-state index in [-0.39, 0.29) is 19.4 Å². The van der Waals surface area contributed by atoms with Crippen molar-refractivity contribution in [2.45, 2.75) is 25.8 Å². The molecule has 0 bridgehead atoms. The zero-order valence-corrected chi connectivity index (χ0v) is 20.2. The third-order valence-corrected chi connectivity index (χ3v) is 5.38. The summed E-state index contributed by atoms with van der Waals surface area (Å²) in [4.78, 5) is 44.7. The van der Waals surface area contributed by atoms with Gasteiger partial charge in [-0.15, -0.1) is 0 Å². The van der Waals surface area contributed by atoms with E-state index >= 15 is 0 Å². The maximum Gasteiger partial charge on any atom is 0.247 e. The molecule has 0 saturated heterocycles. The third kappa shape index (κ3) is 7.44. The highest BCUT2D eigenvalue weighted by molar-refractivity contribution is 6.03. The fraction of sp³-hybridized carbons (Fsp3) is 0.259. The number of hydrogen-bond donors (Lipinski definition) is 2. The van der Waals surface area contributed by atoms with Crippen LogP contribution >= 0.6 is 0 Å². The van der Waals surface area contributed by atoms with Gasteiger partial charge >= 0.3 is 0 Å². The van der Waals surface area contributed by atoms with Crippen molar-refractivity contribution < 1.29 is 23.5 Å². The van der Waals surface area contributed by atoms with Crippen LogP contribution in [0.3, 0.4) is 0 Å². The smallest absolute Gasteiger partial charge is 0.247 e. The van der Waals surface area contributed by atoms with Gasteiger partial charge < -0.3 is 15.4 Å². The van der Waals surface area contributed by atoms with Crippen LogP contribution in [-0.2, 0) is 19.1 Å². The predicted molar refractivity (Wildman–Crippen MR) is 135 cm³/mol. The van der Waals surface area contributed by atoms with Crippen LogP contribution in [0.1, 0.15) is 30.0 Å². The highest BCUT2D eigenvalue weighted by Gasteiger charge is 2.32. The lowest BCUT2D eigenvalue weighted by atomic mass is 10.0. The zero-order valence-electron chi connectivity index (χ0n) is 20.2. The number of carbonyl (C=O) groups excluding carboxylic acids is 3. The fourth-order valence-electron chi connectivity index (χ4n) is 3.56. The molecule has 0 saturated carbocycles. The molecule has 0 unspecified atom stereocenters. The fourth-order valence-corrected chi connectivity index (χ4v) is 3.56. The summed E-state index contributed by atoms with van der Waals surface area (Å²) in [5, 5.41) is 5.44. The summed E-state index contributed by atoms with van der Waals surface area (Å²) in [6, 6.07) is 16.6. The van der Waals surface area contributed by atoms with Gasteiger partial charge in [-0.3, -0.25) is 19.3 Å². The maximum absolute atomic E-state index is 13.7. The van der Waals surface area contributed by atoms with Gasteiger partial charge in [-0.05, 0) is 48.9 Å². The Labute approximate surface area is 209 Å². The second-order valence-corrected chi connectivity index (χ2v) is 8.10. The molecular formula is C27H29FN4O4. The number of aryl methyl sites for hydroxylation is 1. The van der Waals surface area contributed by atoms with Crippen molar-refractivity contribution in [2.24, 2.45) is 0 Å². The number of ether oxygens (including phenoxy) is 1. The standard InChI is InChI=1S/C27H29FN4O4/c1-19-6-8-20(9-7-19)26(27(35)30-17-18-36-2)32(22-12-10-21(28)11-13-22)25(34)15-14-24(33)31-23-5-3-4-16-29-23/h3-13,16,26H,14-15,17-18H2,1-2H3,(H,30,35)(H,29,31,33)/t26-/m0/s1. The van der Waals surface area contributed by atoms with Gasteiger partial charge in [-0.2, -0.15) is 0 Å². The van der Waals surface area contributed by atoms with Gasteiger partial charge in [0.05, 0.1) is 6.61 Å². The molecule has 188 valence electrons. The SMILES string of the molecule is COCCNC(=O)[C@H](c1ccc(C)cc1)N(C(=O)CCC(=O)Nc1ccccn1)c1ccc(F)cc1. The molecule has 1 heterocycles.